The Kier molecular flexibility index (Phi) is 5.88. The van der Waals surface area contributed by atoms with Gasteiger partial charge in [-0.1, -0.05) is 6.92 Å². The number of rotatable bonds is 7. The second kappa shape index (κ2) is 7.51. The third-order valence-corrected chi connectivity index (χ3v) is 2.48. The number of hydrogen-bond donors (Lipinski definition) is 0. The summed E-state index contributed by atoms with van der Waals surface area (Å²) in [5.41, 5.74) is 0.743. The Bertz CT molecular complexity index is 384. The van der Waals surface area contributed by atoms with Crippen LogP contribution in [0.1, 0.15) is 43.0 Å². The molecule has 0 radical (unpaired) electrons. The molecule has 1 aromatic carbocycles. The zero-order valence-corrected chi connectivity index (χ0v) is 10.2. The van der Waals surface area contributed by atoms with E-state index in [-0.39, 0.29) is 5.78 Å². The van der Waals surface area contributed by atoms with E-state index in [0.717, 1.165) is 30.6 Å². The van der Waals surface area contributed by atoms with Gasteiger partial charge in [-0.25, -0.2) is 0 Å². The fourth-order valence-electron chi connectivity index (χ4n) is 1.46. The van der Waals surface area contributed by atoms with Crippen molar-refractivity contribution in [1.82, 2.24) is 0 Å². The molecule has 0 aromatic heterocycles. The minimum atomic E-state index is 0.158. The summed E-state index contributed by atoms with van der Waals surface area (Å²) in [5, 5.41) is 0. The molecule has 1 aromatic rings. The normalized spacial score (nSPS) is 9.65. The van der Waals surface area contributed by atoms with Gasteiger partial charge in [0.1, 0.15) is 5.75 Å². The van der Waals surface area contributed by atoms with E-state index in [1.54, 1.807) is 0 Å². The van der Waals surface area contributed by atoms with Crippen LogP contribution in [0.5, 0.6) is 5.75 Å². The monoisotopic (exact) mass is 230 g/mol. The number of carbonyl (C=O) groups is 1. The zero-order valence-electron chi connectivity index (χ0n) is 10.2. The lowest BCUT2D eigenvalue weighted by Crippen LogP contribution is -1.99. The topological polar surface area (TPSA) is 26.3 Å². The molecule has 0 unspecified atom stereocenters. The SMILES string of the molecule is C#CCCCCOc1ccc(C(=O)CC)cc1. The minimum absolute atomic E-state index is 0.158. The lowest BCUT2D eigenvalue weighted by molar-refractivity contribution is 0.0988. The number of terminal acetylenes is 1. The molecular weight excluding hydrogens is 212 g/mol. The van der Waals surface area contributed by atoms with Crippen molar-refractivity contribution in [1.29, 1.82) is 0 Å². The molecule has 0 spiro atoms. The summed E-state index contributed by atoms with van der Waals surface area (Å²) in [4.78, 5) is 11.4. The van der Waals surface area contributed by atoms with E-state index < -0.39 is 0 Å². The summed E-state index contributed by atoms with van der Waals surface area (Å²) in [6.45, 7) is 2.53. The van der Waals surface area contributed by atoms with Gasteiger partial charge in [0.15, 0.2) is 5.78 Å². The molecule has 0 bridgehead atoms. The molecule has 0 saturated carbocycles. The van der Waals surface area contributed by atoms with Crippen molar-refractivity contribution in [3.63, 3.8) is 0 Å². The molecule has 2 nitrogen and oxygen atoms in total. The third-order valence-electron chi connectivity index (χ3n) is 2.48. The van der Waals surface area contributed by atoms with Crippen molar-refractivity contribution >= 4 is 5.78 Å². The lowest BCUT2D eigenvalue weighted by Gasteiger charge is -2.06. The second-order valence-corrected chi connectivity index (χ2v) is 3.81. The van der Waals surface area contributed by atoms with Crippen LogP contribution >= 0.6 is 0 Å². The maximum absolute atomic E-state index is 11.4. The molecule has 90 valence electrons. The maximum atomic E-state index is 11.4. The number of unbranched alkanes of at least 4 members (excludes halogenated alkanes) is 2. The van der Waals surface area contributed by atoms with Crippen LogP contribution in [0.15, 0.2) is 24.3 Å². The maximum Gasteiger partial charge on any atom is 0.162 e. The fraction of sp³-hybridized carbons (Fsp3) is 0.400. The van der Waals surface area contributed by atoms with Gasteiger partial charge in [-0.05, 0) is 37.1 Å². The highest BCUT2D eigenvalue weighted by Crippen LogP contribution is 2.14. The number of carbonyl (C=O) groups excluding carboxylic acids is 1. The predicted octanol–water partition coefficient (Wildman–Crippen LogP) is 3.46. The highest BCUT2D eigenvalue weighted by molar-refractivity contribution is 5.95. The zero-order chi connectivity index (χ0) is 12.5. The molecule has 0 aliphatic carbocycles. The first-order chi connectivity index (χ1) is 8.27. The summed E-state index contributed by atoms with van der Waals surface area (Å²) in [5.74, 6) is 3.56. The van der Waals surface area contributed by atoms with Gasteiger partial charge in [-0.15, -0.1) is 12.3 Å². The molecule has 0 aliphatic heterocycles. The first-order valence-corrected chi connectivity index (χ1v) is 5.97. The molecule has 0 atom stereocenters. The molecule has 17 heavy (non-hydrogen) atoms. The standard InChI is InChI=1S/C15H18O2/c1-3-5-6-7-12-17-14-10-8-13(9-11-14)15(16)4-2/h1,8-11H,4-7,12H2,2H3. The smallest absolute Gasteiger partial charge is 0.162 e. The minimum Gasteiger partial charge on any atom is -0.494 e. The Morgan fingerprint density at radius 1 is 1.29 bits per heavy atom. The largest absolute Gasteiger partial charge is 0.494 e. The van der Waals surface area contributed by atoms with Crippen molar-refractivity contribution in [3.8, 4) is 18.1 Å². The van der Waals surface area contributed by atoms with E-state index in [9.17, 15) is 4.79 Å². The molecule has 0 amide bonds. The molecule has 0 N–H and O–H groups in total. The van der Waals surface area contributed by atoms with Crippen molar-refractivity contribution in [2.45, 2.75) is 32.6 Å². The fourth-order valence-corrected chi connectivity index (χ4v) is 1.46. The lowest BCUT2D eigenvalue weighted by atomic mass is 10.1. The van der Waals surface area contributed by atoms with Gasteiger partial charge in [-0.3, -0.25) is 4.79 Å². The van der Waals surface area contributed by atoms with Crippen LogP contribution < -0.4 is 4.74 Å². The summed E-state index contributed by atoms with van der Waals surface area (Å²) in [6, 6.07) is 7.29. The molecule has 0 saturated heterocycles. The van der Waals surface area contributed by atoms with Crippen molar-refractivity contribution in [2.75, 3.05) is 6.61 Å². The van der Waals surface area contributed by atoms with E-state index in [0.29, 0.717) is 13.0 Å². The number of ketones is 1. The molecule has 2 heteroatoms. The Hall–Kier alpha value is -1.75. The van der Waals surface area contributed by atoms with Crippen LogP contribution in [0.25, 0.3) is 0 Å². The van der Waals surface area contributed by atoms with E-state index in [4.69, 9.17) is 11.2 Å². The van der Waals surface area contributed by atoms with Gasteiger partial charge in [0.05, 0.1) is 6.61 Å². The van der Waals surface area contributed by atoms with E-state index >= 15 is 0 Å². The number of Topliss-reactive ketones (excluding diaryl/α,β-unsaturated/α-hetero) is 1. The van der Waals surface area contributed by atoms with Gasteiger partial charge in [-0.2, -0.15) is 0 Å². The van der Waals surface area contributed by atoms with Crippen molar-refractivity contribution < 1.29 is 9.53 Å². The molecule has 0 heterocycles. The average molecular weight is 230 g/mol. The van der Waals surface area contributed by atoms with Gasteiger partial charge in [0.25, 0.3) is 0 Å². The van der Waals surface area contributed by atoms with Crippen LogP contribution in [0.2, 0.25) is 0 Å². The van der Waals surface area contributed by atoms with Crippen LogP contribution in [0, 0.1) is 12.3 Å². The van der Waals surface area contributed by atoms with Crippen molar-refractivity contribution in [2.24, 2.45) is 0 Å². The van der Waals surface area contributed by atoms with Crippen LogP contribution in [0.3, 0.4) is 0 Å². The first-order valence-electron chi connectivity index (χ1n) is 5.97. The molecule has 0 fully saturated rings. The summed E-state index contributed by atoms with van der Waals surface area (Å²) in [7, 11) is 0. The Balaban J connectivity index is 2.36. The van der Waals surface area contributed by atoms with Gasteiger partial charge < -0.3 is 4.74 Å². The average Bonchev–Trinajstić information content (AvgIpc) is 2.38. The number of benzene rings is 1. The van der Waals surface area contributed by atoms with Crippen LogP contribution in [0.4, 0.5) is 0 Å². The Morgan fingerprint density at radius 3 is 2.59 bits per heavy atom. The molecule has 0 aliphatic rings. The number of hydrogen-bond acceptors (Lipinski definition) is 2. The van der Waals surface area contributed by atoms with Crippen LogP contribution in [-0.4, -0.2) is 12.4 Å². The summed E-state index contributed by atoms with van der Waals surface area (Å²) in [6.07, 6.45) is 8.44. The number of ether oxygens (including phenoxy) is 1. The third kappa shape index (κ3) is 4.74. The van der Waals surface area contributed by atoms with E-state index in [1.807, 2.05) is 31.2 Å². The highest BCUT2D eigenvalue weighted by Gasteiger charge is 2.02. The second-order valence-electron chi connectivity index (χ2n) is 3.81. The van der Waals surface area contributed by atoms with E-state index in [1.165, 1.54) is 0 Å². The van der Waals surface area contributed by atoms with Crippen molar-refractivity contribution in [3.05, 3.63) is 29.8 Å². The van der Waals surface area contributed by atoms with Gasteiger partial charge in [0.2, 0.25) is 0 Å². The van der Waals surface area contributed by atoms with Gasteiger partial charge in [0, 0.05) is 18.4 Å². The molecule has 1 rings (SSSR count). The van der Waals surface area contributed by atoms with Gasteiger partial charge >= 0.3 is 0 Å². The molecular formula is C15H18O2. The summed E-state index contributed by atoms with van der Waals surface area (Å²) >= 11 is 0. The Morgan fingerprint density at radius 2 is 2.00 bits per heavy atom. The van der Waals surface area contributed by atoms with Crippen LogP contribution in [-0.2, 0) is 0 Å². The summed E-state index contributed by atoms with van der Waals surface area (Å²) < 4.78 is 5.54. The highest BCUT2D eigenvalue weighted by atomic mass is 16.5. The quantitative estimate of drug-likeness (QED) is 0.407. The Labute approximate surface area is 103 Å². The predicted molar refractivity (Wildman–Crippen MR) is 69.2 cm³/mol. The first kappa shape index (κ1) is 13.3. The van der Waals surface area contributed by atoms with E-state index in [2.05, 4.69) is 5.92 Å².